The van der Waals surface area contributed by atoms with Crippen LogP contribution in [0.2, 0.25) is 0 Å². The highest BCUT2D eigenvalue weighted by atomic mass is 16.5. The standard InChI is InChI=1S/C20H41NO/c1-6-8-9-10-11-12-16-22-17-13-15-21-20(4,5)18-19(3)14-7-2/h14,21H,6-13,15-18H2,1-5H3/b19-14+. The Morgan fingerprint density at radius 3 is 2.27 bits per heavy atom. The maximum absolute atomic E-state index is 5.72. The van der Waals surface area contributed by atoms with Gasteiger partial charge in [0.1, 0.15) is 0 Å². The maximum atomic E-state index is 5.72. The first-order chi connectivity index (χ1) is 10.5. The lowest BCUT2D eigenvalue weighted by atomic mass is 9.95. The number of hydrogen-bond acceptors (Lipinski definition) is 2. The fraction of sp³-hybridized carbons (Fsp3) is 0.900. The lowest BCUT2D eigenvalue weighted by molar-refractivity contribution is 0.125. The van der Waals surface area contributed by atoms with Crippen molar-refractivity contribution < 1.29 is 4.74 Å². The van der Waals surface area contributed by atoms with Crippen molar-refractivity contribution in [2.45, 2.75) is 97.9 Å². The average Bonchev–Trinajstić information content (AvgIpc) is 2.44. The van der Waals surface area contributed by atoms with E-state index in [2.05, 4.69) is 46.0 Å². The Bertz CT molecular complexity index is 271. The van der Waals surface area contributed by atoms with Gasteiger partial charge in [-0.3, -0.25) is 0 Å². The first kappa shape index (κ1) is 21.7. The van der Waals surface area contributed by atoms with E-state index in [4.69, 9.17) is 4.74 Å². The van der Waals surface area contributed by atoms with Crippen molar-refractivity contribution in [1.82, 2.24) is 5.32 Å². The van der Waals surface area contributed by atoms with Crippen LogP contribution in [0.3, 0.4) is 0 Å². The topological polar surface area (TPSA) is 21.3 Å². The summed E-state index contributed by atoms with van der Waals surface area (Å²) >= 11 is 0. The van der Waals surface area contributed by atoms with Gasteiger partial charge in [-0.2, -0.15) is 0 Å². The predicted octanol–water partition coefficient (Wildman–Crippen LogP) is 5.87. The van der Waals surface area contributed by atoms with Crippen LogP contribution in [-0.2, 0) is 4.74 Å². The molecule has 0 aliphatic rings. The molecule has 0 rings (SSSR count). The molecule has 0 spiro atoms. The van der Waals surface area contributed by atoms with Gasteiger partial charge in [0.05, 0.1) is 0 Å². The van der Waals surface area contributed by atoms with Crippen LogP contribution in [0.25, 0.3) is 0 Å². The van der Waals surface area contributed by atoms with Crippen LogP contribution >= 0.6 is 0 Å². The van der Waals surface area contributed by atoms with Gasteiger partial charge in [-0.25, -0.2) is 0 Å². The molecule has 0 aromatic heterocycles. The van der Waals surface area contributed by atoms with Gasteiger partial charge < -0.3 is 10.1 Å². The highest BCUT2D eigenvalue weighted by Gasteiger charge is 2.16. The van der Waals surface area contributed by atoms with Gasteiger partial charge in [0.15, 0.2) is 0 Å². The zero-order valence-corrected chi connectivity index (χ0v) is 16.0. The van der Waals surface area contributed by atoms with Gasteiger partial charge in [0.25, 0.3) is 0 Å². The summed E-state index contributed by atoms with van der Waals surface area (Å²) in [5, 5.41) is 3.65. The molecule has 0 bridgehead atoms. The number of hydrogen-bond donors (Lipinski definition) is 1. The smallest absolute Gasteiger partial charge is 0.0478 e. The molecule has 22 heavy (non-hydrogen) atoms. The number of unbranched alkanes of at least 4 members (excludes halogenated alkanes) is 5. The summed E-state index contributed by atoms with van der Waals surface area (Å²) in [5.74, 6) is 0. The highest BCUT2D eigenvalue weighted by molar-refractivity contribution is 5.03. The third kappa shape index (κ3) is 14.6. The monoisotopic (exact) mass is 311 g/mol. The molecule has 132 valence electrons. The molecular formula is C20H41NO. The molecule has 0 saturated heterocycles. The van der Waals surface area contributed by atoms with Crippen LogP contribution in [0.1, 0.15) is 92.4 Å². The second kappa shape index (κ2) is 14.3. The Kier molecular flexibility index (Phi) is 14.0. The van der Waals surface area contributed by atoms with E-state index in [0.29, 0.717) is 0 Å². The lowest BCUT2D eigenvalue weighted by Gasteiger charge is -2.27. The van der Waals surface area contributed by atoms with Crippen molar-refractivity contribution >= 4 is 0 Å². The summed E-state index contributed by atoms with van der Waals surface area (Å²) < 4.78 is 5.72. The van der Waals surface area contributed by atoms with Crippen LogP contribution in [0.4, 0.5) is 0 Å². The van der Waals surface area contributed by atoms with E-state index in [1.165, 1.54) is 44.1 Å². The summed E-state index contributed by atoms with van der Waals surface area (Å²) in [5.41, 5.74) is 1.67. The number of ether oxygens (including phenoxy) is 1. The molecule has 0 fully saturated rings. The van der Waals surface area contributed by atoms with E-state index in [1.807, 2.05) is 0 Å². The molecule has 2 heteroatoms. The van der Waals surface area contributed by atoms with Crippen LogP contribution in [-0.4, -0.2) is 25.3 Å². The van der Waals surface area contributed by atoms with E-state index in [-0.39, 0.29) is 5.54 Å². The fourth-order valence-corrected chi connectivity index (χ4v) is 2.87. The highest BCUT2D eigenvalue weighted by Crippen LogP contribution is 2.15. The average molecular weight is 312 g/mol. The van der Waals surface area contributed by atoms with Crippen molar-refractivity contribution in [2.75, 3.05) is 19.8 Å². The zero-order chi connectivity index (χ0) is 16.7. The molecular weight excluding hydrogens is 270 g/mol. The number of allylic oxidation sites excluding steroid dienone is 1. The lowest BCUT2D eigenvalue weighted by Crippen LogP contribution is -2.40. The quantitative estimate of drug-likeness (QED) is 0.302. The maximum Gasteiger partial charge on any atom is 0.0478 e. The van der Waals surface area contributed by atoms with Crippen molar-refractivity contribution in [1.29, 1.82) is 0 Å². The summed E-state index contributed by atoms with van der Waals surface area (Å²) in [7, 11) is 0. The minimum absolute atomic E-state index is 0.190. The molecule has 0 aliphatic heterocycles. The fourth-order valence-electron chi connectivity index (χ4n) is 2.87. The third-order valence-corrected chi connectivity index (χ3v) is 3.98. The van der Waals surface area contributed by atoms with Crippen LogP contribution < -0.4 is 5.32 Å². The van der Waals surface area contributed by atoms with Crippen LogP contribution in [0.5, 0.6) is 0 Å². The van der Waals surface area contributed by atoms with Crippen molar-refractivity contribution in [2.24, 2.45) is 0 Å². The second-order valence-corrected chi connectivity index (χ2v) is 7.18. The molecule has 0 heterocycles. The predicted molar refractivity (Wildman–Crippen MR) is 99.6 cm³/mol. The van der Waals surface area contributed by atoms with Gasteiger partial charge >= 0.3 is 0 Å². The van der Waals surface area contributed by atoms with Crippen molar-refractivity contribution in [3.05, 3.63) is 11.6 Å². The molecule has 2 nitrogen and oxygen atoms in total. The van der Waals surface area contributed by atoms with Gasteiger partial charge in [0, 0.05) is 18.8 Å². The Morgan fingerprint density at radius 1 is 0.955 bits per heavy atom. The molecule has 0 aromatic rings. The molecule has 1 N–H and O–H groups in total. The molecule has 0 unspecified atom stereocenters. The normalized spacial score (nSPS) is 12.9. The van der Waals surface area contributed by atoms with Crippen LogP contribution in [0, 0.1) is 0 Å². The van der Waals surface area contributed by atoms with E-state index < -0.39 is 0 Å². The van der Waals surface area contributed by atoms with Gasteiger partial charge in [-0.15, -0.1) is 0 Å². The molecule has 0 amide bonds. The molecule has 0 aliphatic carbocycles. The Hall–Kier alpha value is -0.340. The zero-order valence-electron chi connectivity index (χ0n) is 16.0. The molecule has 0 saturated carbocycles. The van der Waals surface area contributed by atoms with E-state index >= 15 is 0 Å². The summed E-state index contributed by atoms with van der Waals surface area (Å²) in [4.78, 5) is 0. The Labute approximate surface area is 140 Å². The minimum Gasteiger partial charge on any atom is -0.381 e. The molecule has 0 radical (unpaired) electrons. The summed E-state index contributed by atoms with van der Waals surface area (Å²) in [6.45, 7) is 14.1. The number of nitrogens with one attached hydrogen (secondary N) is 1. The van der Waals surface area contributed by atoms with Gasteiger partial charge in [-0.05, 0) is 53.0 Å². The SMILES string of the molecule is CC/C=C(\C)CC(C)(C)NCCCOCCCCCCCC. The van der Waals surface area contributed by atoms with Crippen molar-refractivity contribution in [3.8, 4) is 0 Å². The minimum atomic E-state index is 0.190. The molecule has 0 aromatic carbocycles. The second-order valence-electron chi connectivity index (χ2n) is 7.18. The third-order valence-electron chi connectivity index (χ3n) is 3.98. The molecule has 0 atom stereocenters. The van der Waals surface area contributed by atoms with E-state index in [9.17, 15) is 0 Å². The van der Waals surface area contributed by atoms with E-state index in [0.717, 1.165) is 39.0 Å². The van der Waals surface area contributed by atoms with Crippen molar-refractivity contribution in [3.63, 3.8) is 0 Å². The van der Waals surface area contributed by atoms with Gasteiger partial charge in [-0.1, -0.05) is 57.6 Å². The number of rotatable bonds is 15. The Balaban J connectivity index is 3.43. The first-order valence-corrected chi connectivity index (χ1v) is 9.50. The Morgan fingerprint density at radius 2 is 1.59 bits per heavy atom. The summed E-state index contributed by atoms with van der Waals surface area (Å²) in [6.07, 6.45) is 13.7. The first-order valence-electron chi connectivity index (χ1n) is 9.50. The summed E-state index contributed by atoms with van der Waals surface area (Å²) in [6, 6.07) is 0. The van der Waals surface area contributed by atoms with Gasteiger partial charge in [0.2, 0.25) is 0 Å². The van der Waals surface area contributed by atoms with Crippen LogP contribution in [0.15, 0.2) is 11.6 Å². The van der Waals surface area contributed by atoms with E-state index in [1.54, 1.807) is 0 Å². The largest absolute Gasteiger partial charge is 0.381 e.